The summed E-state index contributed by atoms with van der Waals surface area (Å²) in [6.45, 7) is 4.47. The summed E-state index contributed by atoms with van der Waals surface area (Å²) in [6, 6.07) is 4.10. The number of para-hydroxylation sites is 1. The van der Waals surface area contributed by atoms with Crippen molar-refractivity contribution in [1.82, 2.24) is 26.3 Å². The SMILES string of the molecule is CC(C)CC(NC(=O)C(Cc1c[nH]c2ccccc12)NC(=O)C(CS)NC(=O)C1CCCN1)C(=O)O. The topological polar surface area (TPSA) is 152 Å². The van der Waals surface area contributed by atoms with Crippen LogP contribution in [0.2, 0.25) is 0 Å². The van der Waals surface area contributed by atoms with Crippen molar-refractivity contribution in [3.8, 4) is 0 Å². The molecule has 3 amide bonds. The van der Waals surface area contributed by atoms with Crippen LogP contribution < -0.4 is 21.3 Å². The molecule has 1 aliphatic heterocycles. The predicted molar refractivity (Wildman–Crippen MR) is 140 cm³/mol. The van der Waals surface area contributed by atoms with Crippen molar-refractivity contribution < 1.29 is 24.3 Å². The highest BCUT2D eigenvalue weighted by Crippen LogP contribution is 2.19. The Bertz CT molecular complexity index is 1080. The number of carbonyl (C=O) groups excluding carboxylic acids is 3. The number of aromatic amines is 1. The average Bonchev–Trinajstić information content (AvgIpc) is 3.52. The largest absolute Gasteiger partial charge is 0.480 e. The van der Waals surface area contributed by atoms with E-state index in [9.17, 15) is 24.3 Å². The number of rotatable bonds is 12. The van der Waals surface area contributed by atoms with Crippen LogP contribution in [-0.2, 0) is 25.6 Å². The van der Waals surface area contributed by atoms with Crippen LogP contribution in [0.3, 0.4) is 0 Å². The van der Waals surface area contributed by atoms with Gasteiger partial charge in [0, 0.05) is 29.3 Å². The standard InChI is InChI=1S/C25H35N5O5S/c1-14(2)10-20(25(34)35)29-23(32)19(11-15-12-27-17-7-4-3-6-16(15)17)28-24(33)21(13-36)30-22(31)18-8-5-9-26-18/h3-4,6-7,12,14,18-21,26-27,36H,5,8-11,13H2,1-2H3,(H,28,33)(H,29,32)(H,30,31)(H,34,35). The molecule has 2 aromatic rings. The van der Waals surface area contributed by atoms with E-state index in [1.807, 2.05) is 38.1 Å². The number of benzene rings is 1. The number of aliphatic carboxylic acids is 1. The molecule has 0 bridgehead atoms. The summed E-state index contributed by atoms with van der Waals surface area (Å²) in [5.74, 6) is -2.52. The van der Waals surface area contributed by atoms with Crippen LogP contribution >= 0.6 is 12.6 Å². The number of carboxylic acids is 1. The Kier molecular flexibility index (Phi) is 9.77. The molecule has 0 aliphatic carbocycles. The van der Waals surface area contributed by atoms with Crippen molar-refractivity contribution in [2.24, 2.45) is 5.92 Å². The highest BCUT2D eigenvalue weighted by atomic mass is 32.1. The van der Waals surface area contributed by atoms with Gasteiger partial charge in [-0.05, 0) is 43.4 Å². The summed E-state index contributed by atoms with van der Waals surface area (Å²) in [7, 11) is 0. The Hall–Kier alpha value is -3.05. The summed E-state index contributed by atoms with van der Waals surface area (Å²) < 4.78 is 0. The molecule has 0 saturated carbocycles. The molecule has 1 fully saturated rings. The molecule has 1 saturated heterocycles. The van der Waals surface area contributed by atoms with E-state index < -0.39 is 35.9 Å². The number of carboxylic acid groups (broad SMARTS) is 1. The zero-order chi connectivity index (χ0) is 26.2. The van der Waals surface area contributed by atoms with E-state index in [1.165, 1.54) is 0 Å². The van der Waals surface area contributed by atoms with Crippen molar-refractivity contribution in [1.29, 1.82) is 0 Å². The van der Waals surface area contributed by atoms with E-state index >= 15 is 0 Å². The van der Waals surface area contributed by atoms with Crippen molar-refractivity contribution in [3.63, 3.8) is 0 Å². The van der Waals surface area contributed by atoms with Crippen LogP contribution in [0.15, 0.2) is 30.5 Å². The molecule has 11 heteroatoms. The number of aromatic nitrogens is 1. The van der Waals surface area contributed by atoms with Gasteiger partial charge in [-0.25, -0.2) is 4.79 Å². The number of nitrogens with one attached hydrogen (secondary N) is 5. The number of amides is 3. The van der Waals surface area contributed by atoms with Gasteiger partial charge in [-0.3, -0.25) is 14.4 Å². The van der Waals surface area contributed by atoms with Gasteiger partial charge >= 0.3 is 5.97 Å². The van der Waals surface area contributed by atoms with E-state index in [-0.39, 0.29) is 36.5 Å². The van der Waals surface area contributed by atoms with Gasteiger partial charge in [-0.2, -0.15) is 12.6 Å². The summed E-state index contributed by atoms with van der Waals surface area (Å²) in [5, 5.41) is 21.6. The van der Waals surface area contributed by atoms with Gasteiger partial charge in [-0.1, -0.05) is 32.0 Å². The molecule has 196 valence electrons. The fraction of sp³-hybridized carbons (Fsp3) is 0.520. The molecule has 2 heterocycles. The normalized spacial score (nSPS) is 17.9. The summed E-state index contributed by atoms with van der Waals surface area (Å²) in [4.78, 5) is 53.8. The number of thiol groups is 1. The van der Waals surface area contributed by atoms with Crippen LogP contribution in [0.5, 0.6) is 0 Å². The molecule has 1 aromatic heterocycles. The molecule has 4 unspecified atom stereocenters. The molecular weight excluding hydrogens is 482 g/mol. The lowest BCUT2D eigenvalue weighted by Gasteiger charge is -2.25. The van der Waals surface area contributed by atoms with Crippen LogP contribution in [0.4, 0.5) is 0 Å². The van der Waals surface area contributed by atoms with E-state index in [0.717, 1.165) is 29.4 Å². The van der Waals surface area contributed by atoms with E-state index in [1.54, 1.807) is 6.20 Å². The first-order chi connectivity index (χ1) is 17.2. The lowest BCUT2D eigenvalue weighted by atomic mass is 10.0. The van der Waals surface area contributed by atoms with Gasteiger partial charge in [0.1, 0.15) is 18.1 Å². The molecule has 0 radical (unpaired) electrons. The summed E-state index contributed by atoms with van der Waals surface area (Å²) >= 11 is 4.22. The third-order valence-corrected chi connectivity index (χ3v) is 6.61. The van der Waals surface area contributed by atoms with Gasteiger partial charge in [0.05, 0.1) is 6.04 Å². The molecule has 0 spiro atoms. The molecule has 10 nitrogen and oxygen atoms in total. The molecular formula is C25H35N5O5S. The first kappa shape index (κ1) is 27.5. The molecule has 4 atom stereocenters. The first-order valence-electron chi connectivity index (χ1n) is 12.2. The quantitative estimate of drug-likeness (QED) is 0.208. The van der Waals surface area contributed by atoms with Gasteiger partial charge in [-0.15, -0.1) is 0 Å². The van der Waals surface area contributed by atoms with Crippen molar-refractivity contribution in [2.75, 3.05) is 12.3 Å². The Morgan fingerprint density at radius 1 is 1.06 bits per heavy atom. The Labute approximate surface area is 215 Å². The number of H-pyrrole nitrogens is 1. The maximum Gasteiger partial charge on any atom is 0.326 e. The minimum atomic E-state index is -1.14. The Morgan fingerprint density at radius 2 is 1.75 bits per heavy atom. The Balaban J connectivity index is 1.78. The third kappa shape index (κ3) is 7.23. The zero-order valence-corrected chi connectivity index (χ0v) is 21.4. The number of hydrogen-bond acceptors (Lipinski definition) is 6. The predicted octanol–water partition coefficient (Wildman–Crippen LogP) is 0.977. The van der Waals surface area contributed by atoms with Crippen molar-refractivity contribution >= 4 is 47.2 Å². The average molecular weight is 518 g/mol. The van der Waals surface area contributed by atoms with Gasteiger partial charge in [0.15, 0.2) is 0 Å². The van der Waals surface area contributed by atoms with E-state index in [0.29, 0.717) is 6.42 Å². The summed E-state index contributed by atoms with van der Waals surface area (Å²) in [6.07, 6.45) is 3.71. The maximum absolute atomic E-state index is 13.3. The van der Waals surface area contributed by atoms with Crippen LogP contribution in [0.25, 0.3) is 10.9 Å². The zero-order valence-electron chi connectivity index (χ0n) is 20.5. The minimum absolute atomic E-state index is 0.0385. The molecule has 6 N–H and O–H groups in total. The highest BCUT2D eigenvalue weighted by molar-refractivity contribution is 7.80. The van der Waals surface area contributed by atoms with Gasteiger partial charge in [0.2, 0.25) is 17.7 Å². The van der Waals surface area contributed by atoms with Gasteiger partial charge < -0.3 is 31.4 Å². The molecule has 1 aromatic carbocycles. The van der Waals surface area contributed by atoms with E-state index in [4.69, 9.17) is 0 Å². The minimum Gasteiger partial charge on any atom is -0.480 e. The number of carbonyl (C=O) groups is 4. The fourth-order valence-corrected chi connectivity index (χ4v) is 4.60. The van der Waals surface area contributed by atoms with Gasteiger partial charge in [0.25, 0.3) is 0 Å². The van der Waals surface area contributed by atoms with Crippen molar-refractivity contribution in [3.05, 3.63) is 36.0 Å². The maximum atomic E-state index is 13.3. The second-order valence-corrected chi connectivity index (χ2v) is 9.91. The fourth-order valence-electron chi connectivity index (χ4n) is 4.34. The lowest BCUT2D eigenvalue weighted by molar-refractivity contribution is -0.142. The number of hydrogen-bond donors (Lipinski definition) is 7. The van der Waals surface area contributed by atoms with E-state index in [2.05, 4.69) is 38.9 Å². The lowest BCUT2D eigenvalue weighted by Crippen LogP contribution is -2.58. The van der Waals surface area contributed by atoms with Crippen LogP contribution in [0, 0.1) is 5.92 Å². The Morgan fingerprint density at radius 3 is 2.39 bits per heavy atom. The van der Waals surface area contributed by atoms with Crippen LogP contribution in [0.1, 0.15) is 38.7 Å². The first-order valence-corrected chi connectivity index (χ1v) is 12.9. The summed E-state index contributed by atoms with van der Waals surface area (Å²) in [5.41, 5.74) is 1.68. The smallest absolute Gasteiger partial charge is 0.326 e. The highest BCUT2D eigenvalue weighted by Gasteiger charge is 2.31. The monoisotopic (exact) mass is 517 g/mol. The van der Waals surface area contributed by atoms with Crippen molar-refractivity contribution in [2.45, 2.75) is 63.7 Å². The molecule has 1 aliphatic rings. The van der Waals surface area contributed by atoms with Crippen LogP contribution in [-0.4, -0.2) is 70.2 Å². The second-order valence-electron chi connectivity index (χ2n) is 9.55. The molecule has 3 rings (SSSR count). The number of fused-ring (bicyclic) bond motifs is 1. The third-order valence-electron chi connectivity index (χ3n) is 6.25. The molecule has 36 heavy (non-hydrogen) atoms. The second kappa shape index (κ2) is 12.8.